The lowest BCUT2D eigenvalue weighted by atomic mass is 10.1. The third-order valence-electron chi connectivity index (χ3n) is 2.37. The normalized spacial score (nSPS) is 13.4. The number of thiocarbonyl (C=S) groups is 1. The molecule has 0 rings (SSSR count). The van der Waals surface area contributed by atoms with Crippen LogP contribution < -0.4 is 11.1 Å². The molecule has 1 unspecified atom stereocenters. The van der Waals surface area contributed by atoms with Crippen LogP contribution in [0.5, 0.6) is 0 Å². The summed E-state index contributed by atoms with van der Waals surface area (Å²) in [6, 6.07) is 0. The number of hydrogen-bond donors (Lipinski definition) is 2. The maximum absolute atomic E-state index is 12.7. The maximum atomic E-state index is 12.7. The Morgan fingerprint density at radius 1 is 1.44 bits per heavy atom. The molecule has 4 nitrogen and oxygen atoms in total. The summed E-state index contributed by atoms with van der Waals surface area (Å²) < 4.78 is 38.0. The van der Waals surface area contributed by atoms with Gasteiger partial charge in [0.2, 0.25) is 5.91 Å². The number of rotatable bonds is 7. The van der Waals surface area contributed by atoms with E-state index in [0.29, 0.717) is 13.1 Å². The molecule has 0 aliphatic heterocycles. The van der Waals surface area contributed by atoms with Gasteiger partial charge in [-0.05, 0) is 13.5 Å². The lowest BCUT2D eigenvalue weighted by Gasteiger charge is -2.26. The fourth-order valence-corrected chi connectivity index (χ4v) is 1.58. The summed E-state index contributed by atoms with van der Waals surface area (Å²) in [5.41, 5.74) is 5.10. The van der Waals surface area contributed by atoms with Crippen LogP contribution in [0.1, 0.15) is 13.8 Å². The molecule has 3 N–H and O–H groups in total. The number of nitrogens with zero attached hydrogens (tertiary/aromatic N) is 1. The van der Waals surface area contributed by atoms with E-state index in [1.807, 2.05) is 0 Å². The Morgan fingerprint density at radius 2 is 2.00 bits per heavy atom. The van der Waals surface area contributed by atoms with Crippen molar-refractivity contribution in [2.24, 2.45) is 11.7 Å². The summed E-state index contributed by atoms with van der Waals surface area (Å²) >= 11 is 4.43. The van der Waals surface area contributed by atoms with Crippen molar-refractivity contribution in [1.29, 1.82) is 0 Å². The van der Waals surface area contributed by atoms with Gasteiger partial charge in [0.15, 0.2) is 0 Å². The highest BCUT2D eigenvalue weighted by atomic mass is 32.1. The lowest BCUT2D eigenvalue weighted by molar-refractivity contribution is -0.160. The van der Waals surface area contributed by atoms with Crippen LogP contribution in [0.2, 0.25) is 0 Å². The standard InChI is InChI=1S/C10H18F3N3OS/c1-3-15-8(17)6-16(4-2)5-7(9(14)18)10(11,12)13/h7H,3-6H2,1-2H3,(H2,14,18)(H,15,17). The number of nitrogens with two attached hydrogens (primary N) is 1. The van der Waals surface area contributed by atoms with Crippen molar-refractivity contribution in [3.63, 3.8) is 0 Å². The highest BCUT2D eigenvalue weighted by Crippen LogP contribution is 2.27. The van der Waals surface area contributed by atoms with E-state index in [0.717, 1.165) is 0 Å². The number of nitrogens with one attached hydrogen (secondary N) is 1. The van der Waals surface area contributed by atoms with Gasteiger partial charge in [-0.3, -0.25) is 9.69 Å². The van der Waals surface area contributed by atoms with E-state index in [-0.39, 0.29) is 12.5 Å². The second kappa shape index (κ2) is 7.52. The second-order valence-electron chi connectivity index (χ2n) is 3.78. The van der Waals surface area contributed by atoms with E-state index < -0.39 is 23.6 Å². The fraction of sp³-hybridized carbons (Fsp3) is 0.800. The zero-order valence-electron chi connectivity index (χ0n) is 10.4. The molecular weight excluding hydrogens is 267 g/mol. The first-order valence-corrected chi connectivity index (χ1v) is 5.98. The number of carbonyl (C=O) groups excluding carboxylic acids is 1. The molecule has 106 valence electrons. The molecule has 8 heteroatoms. The van der Waals surface area contributed by atoms with Gasteiger partial charge < -0.3 is 11.1 Å². The van der Waals surface area contributed by atoms with E-state index in [4.69, 9.17) is 5.73 Å². The van der Waals surface area contributed by atoms with Gasteiger partial charge in [0.25, 0.3) is 0 Å². The Kier molecular flexibility index (Phi) is 7.15. The summed E-state index contributed by atoms with van der Waals surface area (Å²) in [5, 5.41) is 2.53. The van der Waals surface area contributed by atoms with Gasteiger partial charge in [-0.25, -0.2) is 0 Å². The van der Waals surface area contributed by atoms with E-state index in [9.17, 15) is 18.0 Å². The third kappa shape index (κ3) is 6.15. The summed E-state index contributed by atoms with van der Waals surface area (Å²) in [4.78, 5) is 12.1. The summed E-state index contributed by atoms with van der Waals surface area (Å²) in [5.74, 6) is -2.20. The molecule has 0 heterocycles. The van der Waals surface area contributed by atoms with Crippen molar-refractivity contribution >= 4 is 23.1 Å². The van der Waals surface area contributed by atoms with Gasteiger partial charge in [0, 0.05) is 13.1 Å². The van der Waals surface area contributed by atoms with Crippen LogP contribution in [0.3, 0.4) is 0 Å². The van der Waals surface area contributed by atoms with Crippen molar-refractivity contribution < 1.29 is 18.0 Å². The summed E-state index contributed by atoms with van der Waals surface area (Å²) in [7, 11) is 0. The fourth-order valence-electron chi connectivity index (χ4n) is 1.37. The summed E-state index contributed by atoms with van der Waals surface area (Å²) in [6.07, 6.45) is -4.49. The van der Waals surface area contributed by atoms with Crippen LogP contribution in [-0.4, -0.2) is 48.2 Å². The van der Waals surface area contributed by atoms with Crippen LogP contribution >= 0.6 is 12.2 Å². The smallest absolute Gasteiger partial charge is 0.393 e. The first-order chi connectivity index (χ1) is 8.22. The topological polar surface area (TPSA) is 58.4 Å². The molecule has 0 bridgehead atoms. The number of hydrogen-bond acceptors (Lipinski definition) is 3. The molecule has 18 heavy (non-hydrogen) atoms. The van der Waals surface area contributed by atoms with Gasteiger partial charge in [0.05, 0.1) is 11.5 Å². The Balaban J connectivity index is 4.58. The Hall–Kier alpha value is -0.890. The van der Waals surface area contributed by atoms with Gasteiger partial charge in [-0.2, -0.15) is 13.2 Å². The lowest BCUT2D eigenvalue weighted by Crippen LogP contribution is -2.46. The average Bonchev–Trinajstić information content (AvgIpc) is 2.21. The zero-order valence-corrected chi connectivity index (χ0v) is 11.2. The Morgan fingerprint density at radius 3 is 2.33 bits per heavy atom. The van der Waals surface area contributed by atoms with E-state index in [2.05, 4.69) is 17.5 Å². The van der Waals surface area contributed by atoms with Gasteiger partial charge in [0.1, 0.15) is 5.92 Å². The number of halogens is 3. The van der Waals surface area contributed by atoms with Crippen molar-refractivity contribution in [2.45, 2.75) is 20.0 Å². The predicted molar refractivity (Wildman–Crippen MR) is 67.1 cm³/mol. The molecule has 0 saturated heterocycles. The van der Waals surface area contributed by atoms with Crippen LogP contribution in [0.15, 0.2) is 0 Å². The zero-order chi connectivity index (χ0) is 14.3. The molecule has 0 aromatic heterocycles. The minimum atomic E-state index is -4.49. The molecule has 0 radical (unpaired) electrons. The molecular formula is C10H18F3N3OS. The van der Waals surface area contributed by atoms with Crippen LogP contribution in [0, 0.1) is 5.92 Å². The second-order valence-corrected chi connectivity index (χ2v) is 4.25. The highest BCUT2D eigenvalue weighted by Gasteiger charge is 2.42. The average molecular weight is 285 g/mol. The van der Waals surface area contributed by atoms with Crippen LogP contribution in [0.4, 0.5) is 13.2 Å². The van der Waals surface area contributed by atoms with Crippen molar-refractivity contribution in [3.05, 3.63) is 0 Å². The highest BCUT2D eigenvalue weighted by molar-refractivity contribution is 7.80. The van der Waals surface area contributed by atoms with Crippen molar-refractivity contribution in [3.8, 4) is 0 Å². The minimum absolute atomic E-state index is 0.0977. The van der Waals surface area contributed by atoms with Crippen molar-refractivity contribution in [1.82, 2.24) is 10.2 Å². The molecule has 0 aliphatic rings. The summed E-state index contributed by atoms with van der Waals surface area (Å²) in [6.45, 7) is 3.67. The maximum Gasteiger partial charge on any atom is 0.399 e. The molecule has 0 fully saturated rings. The quantitative estimate of drug-likeness (QED) is 0.683. The monoisotopic (exact) mass is 285 g/mol. The SMILES string of the molecule is CCNC(=O)CN(CC)CC(C(N)=S)C(F)(F)F. The van der Waals surface area contributed by atoms with E-state index >= 15 is 0 Å². The number of amides is 1. The predicted octanol–water partition coefficient (Wildman–Crippen LogP) is 0.909. The number of likely N-dealkylation sites (N-methyl/N-ethyl adjacent to an activating group) is 2. The number of carbonyl (C=O) groups is 1. The molecule has 0 saturated carbocycles. The van der Waals surface area contributed by atoms with Gasteiger partial charge in [-0.15, -0.1) is 0 Å². The molecule has 0 aromatic carbocycles. The van der Waals surface area contributed by atoms with Crippen LogP contribution in [-0.2, 0) is 4.79 Å². The number of alkyl halides is 3. The molecule has 1 amide bonds. The minimum Gasteiger partial charge on any atom is -0.393 e. The first-order valence-electron chi connectivity index (χ1n) is 5.57. The van der Waals surface area contributed by atoms with E-state index in [1.165, 1.54) is 4.90 Å². The Labute approximate surface area is 110 Å². The molecule has 0 aromatic rings. The van der Waals surface area contributed by atoms with Crippen LogP contribution in [0.25, 0.3) is 0 Å². The first kappa shape index (κ1) is 17.1. The third-order valence-corrected chi connectivity index (χ3v) is 2.65. The van der Waals surface area contributed by atoms with Crippen molar-refractivity contribution in [2.75, 3.05) is 26.2 Å². The molecule has 1 atom stereocenters. The largest absolute Gasteiger partial charge is 0.399 e. The van der Waals surface area contributed by atoms with E-state index in [1.54, 1.807) is 13.8 Å². The molecule has 0 aliphatic carbocycles. The van der Waals surface area contributed by atoms with Gasteiger partial charge in [-0.1, -0.05) is 19.1 Å². The Bertz CT molecular complexity index is 297. The van der Waals surface area contributed by atoms with Gasteiger partial charge >= 0.3 is 6.18 Å². The molecule has 0 spiro atoms.